The van der Waals surface area contributed by atoms with Crippen LogP contribution in [0.1, 0.15) is 31.1 Å². The molecule has 19 heavy (non-hydrogen) atoms. The molecule has 104 valence electrons. The molecule has 1 aromatic carbocycles. The summed E-state index contributed by atoms with van der Waals surface area (Å²) in [6.45, 7) is 5.96. The van der Waals surface area contributed by atoms with Crippen LogP contribution in [-0.2, 0) is 9.53 Å². The average Bonchev–Trinajstić information content (AvgIpc) is 2.39. The number of methoxy groups -OCH3 is 1. The number of carbonyl (C=O) groups is 2. The zero-order valence-corrected chi connectivity index (χ0v) is 11.8. The molecule has 0 aliphatic rings. The Kier molecular flexibility index (Phi) is 5.55. The summed E-state index contributed by atoms with van der Waals surface area (Å²) in [6.07, 6.45) is 0. The minimum absolute atomic E-state index is 0.130. The summed E-state index contributed by atoms with van der Waals surface area (Å²) >= 11 is 0. The Bertz CT molecular complexity index is 451. The van der Waals surface area contributed by atoms with Gasteiger partial charge in [0.1, 0.15) is 11.7 Å². The monoisotopic (exact) mass is 264 g/mol. The third kappa shape index (κ3) is 3.56. The number of Topliss-reactive ketones (excluding diaryl/α,β-unsaturated/α-hetero) is 1. The van der Waals surface area contributed by atoms with Crippen molar-refractivity contribution in [3.05, 3.63) is 29.8 Å². The van der Waals surface area contributed by atoms with E-state index in [1.165, 1.54) is 7.11 Å². The van der Waals surface area contributed by atoms with Crippen molar-refractivity contribution in [2.75, 3.05) is 13.7 Å². The van der Waals surface area contributed by atoms with Crippen molar-refractivity contribution in [3.8, 4) is 5.75 Å². The first-order valence-corrected chi connectivity index (χ1v) is 6.36. The number of benzene rings is 1. The summed E-state index contributed by atoms with van der Waals surface area (Å²) in [6, 6.07) is 6.95. The molecule has 0 bridgehead atoms. The summed E-state index contributed by atoms with van der Waals surface area (Å²) in [5.41, 5.74) is 0.424. The Labute approximate surface area is 113 Å². The standard InChI is InChI=1S/C15H20O4/c1-5-19-12-9-7-6-8-11(12)14(16)13(10(2)3)15(17)18-4/h6-10,13H,5H2,1-4H3. The Balaban J connectivity index is 3.13. The van der Waals surface area contributed by atoms with Crippen LogP contribution in [0, 0.1) is 11.8 Å². The zero-order valence-electron chi connectivity index (χ0n) is 11.8. The summed E-state index contributed by atoms with van der Waals surface area (Å²) in [5, 5.41) is 0. The first-order chi connectivity index (χ1) is 9.02. The van der Waals surface area contributed by atoms with Gasteiger partial charge in [0.2, 0.25) is 0 Å². The molecule has 0 saturated carbocycles. The van der Waals surface area contributed by atoms with E-state index in [1.807, 2.05) is 20.8 Å². The summed E-state index contributed by atoms with van der Waals surface area (Å²) in [7, 11) is 1.29. The minimum Gasteiger partial charge on any atom is -0.493 e. The van der Waals surface area contributed by atoms with Gasteiger partial charge in [-0.2, -0.15) is 0 Å². The first kappa shape index (κ1) is 15.2. The van der Waals surface area contributed by atoms with Gasteiger partial charge in [-0.05, 0) is 25.0 Å². The second-order valence-electron chi connectivity index (χ2n) is 4.54. The Hall–Kier alpha value is -1.84. The topological polar surface area (TPSA) is 52.6 Å². The van der Waals surface area contributed by atoms with Crippen LogP contribution in [0.3, 0.4) is 0 Å². The predicted octanol–water partition coefficient (Wildman–Crippen LogP) is 2.71. The van der Waals surface area contributed by atoms with Crippen LogP contribution in [0.2, 0.25) is 0 Å². The zero-order chi connectivity index (χ0) is 14.4. The molecule has 0 amide bonds. The molecule has 0 heterocycles. The van der Waals surface area contributed by atoms with Crippen LogP contribution in [0.25, 0.3) is 0 Å². The van der Waals surface area contributed by atoms with Crippen LogP contribution >= 0.6 is 0 Å². The van der Waals surface area contributed by atoms with E-state index < -0.39 is 11.9 Å². The van der Waals surface area contributed by atoms with Gasteiger partial charge in [0.15, 0.2) is 5.78 Å². The highest BCUT2D eigenvalue weighted by Gasteiger charge is 2.32. The van der Waals surface area contributed by atoms with Crippen molar-refractivity contribution in [1.29, 1.82) is 0 Å². The fraction of sp³-hybridized carbons (Fsp3) is 0.467. The van der Waals surface area contributed by atoms with E-state index >= 15 is 0 Å². The second kappa shape index (κ2) is 6.92. The van der Waals surface area contributed by atoms with Gasteiger partial charge in [0, 0.05) is 0 Å². The minimum atomic E-state index is -0.799. The van der Waals surface area contributed by atoms with E-state index in [0.29, 0.717) is 17.9 Å². The van der Waals surface area contributed by atoms with Crippen LogP contribution in [0.5, 0.6) is 5.75 Å². The summed E-state index contributed by atoms with van der Waals surface area (Å²) in [5.74, 6) is -1.19. The third-order valence-corrected chi connectivity index (χ3v) is 2.86. The maximum atomic E-state index is 12.5. The Morgan fingerprint density at radius 2 is 1.84 bits per heavy atom. The van der Waals surface area contributed by atoms with Gasteiger partial charge in [0.25, 0.3) is 0 Å². The largest absolute Gasteiger partial charge is 0.493 e. The molecule has 0 radical (unpaired) electrons. The van der Waals surface area contributed by atoms with Gasteiger partial charge in [0.05, 0.1) is 19.3 Å². The van der Waals surface area contributed by atoms with Crippen molar-refractivity contribution in [2.45, 2.75) is 20.8 Å². The molecule has 1 rings (SSSR count). The number of esters is 1. The molecule has 0 aliphatic carbocycles. The number of para-hydroxylation sites is 1. The molecule has 4 nitrogen and oxygen atoms in total. The molecule has 1 aromatic rings. The van der Waals surface area contributed by atoms with Gasteiger partial charge in [-0.3, -0.25) is 9.59 Å². The van der Waals surface area contributed by atoms with Gasteiger partial charge in [-0.1, -0.05) is 26.0 Å². The summed E-state index contributed by atoms with van der Waals surface area (Å²) < 4.78 is 10.1. The fourth-order valence-electron chi connectivity index (χ4n) is 1.93. The van der Waals surface area contributed by atoms with E-state index in [4.69, 9.17) is 9.47 Å². The third-order valence-electron chi connectivity index (χ3n) is 2.86. The quantitative estimate of drug-likeness (QED) is 0.450. The lowest BCUT2D eigenvalue weighted by Gasteiger charge is -2.18. The normalized spacial score (nSPS) is 12.1. The van der Waals surface area contributed by atoms with E-state index in [0.717, 1.165) is 0 Å². The number of ether oxygens (including phenoxy) is 2. The van der Waals surface area contributed by atoms with Gasteiger partial charge >= 0.3 is 5.97 Å². The lowest BCUT2D eigenvalue weighted by atomic mass is 9.87. The van der Waals surface area contributed by atoms with Crippen molar-refractivity contribution in [1.82, 2.24) is 0 Å². The van der Waals surface area contributed by atoms with Crippen LogP contribution in [-0.4, -0.2) is 25.5 Å². The average molecular weight is 264 g/mol. The van der Waals surface area contributed by atoms with E-state index in [9.17, 15) is 9.59 Å². The van der Waals surface area contributed by atoms with Gasteiger partial charge in [-0.25, -0.2) is 0 Å². The number of hydrogen-bond donors (Lipinski definition) is 0. The number of rotatable bonds is 6. The van der Waals surface area contributed by atoms with E-state index in [1.54, 1.807) is 24.3 Å². The number of carbonyl (C=O) groups excluding carboxylic acids is 2. The van der Waals surface area contributed by atoms with Crippen molar-refractivity contribution in [2.24, 2.45) is 11.8 Å². The number of hydrogen-bond acceptors (Lipinski definition) is 4. The molecule has 0 N–H and O–H groups in total. The predicted molar refractivity (Wildman–Crippen MR) is 72.3 cm³/mol. The second-order valence-corrected chi connectivity index (χ2v) is 4.54. The highest BCUT2D eigenvalue weighted by molar-refractivity contribution is 6.10. The molecule has 0 saturated heterocycles. The van der Waals surface area contributed by atoms with Crippen molar-refractivity contribution >= 4 is 11.8 Å². The molecule has 0 aromatic heterocycles. The Morgan fingerprint density at radius 1 is 1.21 bits per heavy atom. The highest BCUT2D eigenvalue weighted by atomic mass is 16.5. The molecular formula is C15H20O4. The molecule has 1 unspecified atom stereocenters. The van der Waals surface area contributed by atoms with Crippen molar-refractivity contribution < 1.29 is 19.1 Å². The maximum absolute atomic E-state index is 12.5. The molecule has 0 spiro atoms. The van der Waals surface area contributed by atoms with Crippen LogP contribution in [0.15, 0.2) is 24.3 Å². The highest BCUT2D eigenvalue weighted by Crippen LogP contribution is 2.25. The molecule has 1 atom stereocenters. The summed E-state index contributed by atoms with van der Waals surface area (Å²) in [4.78, 5) is 24.3. The lowest BCUT2D eigenvalue weighted by molar-refractivity contribution is -0.144. The molecular weight excluding hydrogens is 244 g/mol. The van der Waals surface area contributed by atoms with E-state index in [2.05, 4.69) is 0 Å². The molecule has 0 fully saturated rings. The van der Waals surface area contributed by atoms with E-state index in [-0.39, 0.29) is 11.7 Å². The van der Waals surface area contributed by atoms with Gasteiger partial charge < -0.3 is 9.47 Å². The maximum Gasteiger partial charge on any atom is 0.316 e. The van der Waals surface area contributed by atoms with Crippen molar-refractivity contribution in [3.63, 3.8) is 0 Å². The lowest BCUT2D eigenvalue weighted by Crippen LogP contribution is -2.30. The molecule has 0 aliphatic heterocycles. The van der Waals surface area contributed by atoms with Crippen LogP contribution in [0.4, 0.5) is 0 Å². The first-order valence-electron chi connectivity index (χ1n) is 6.36. The molecule has 4 heteroatoms. The fourth-order valence-corrected chi connectivity index (χ4v) is 1.93. The smallest absolute Gasteiger partial charge is 0.316 e. The SMILES string of the molecule is CCOc1ccccc1C(=O)C(C(=O)OC)C(C)C. The van der Waals surface area contributed by atoms with Crippen LogP contribution < -0.4 is 4.74 Å². The van der Waals surface area contributed by atoms with Gasteiger partial charge in [-0.15, -0.1) is 0 Å². The Morgan fingerprint density at radius 3 is 2.37 bits per heavy atom. The number of ketones is 1.